The van der Waals surface area contributed by atoms with Crippen LogP contribution < -0.4 is 19.5 Å². The van der Waals surface area contributed by atoms with Gasteiger partial charge in [0.05, 0.1) is 31.6 Å². The number of benzene rings is 2. The molecule has 2 aromatic heterocycles. The Hall–Kier alpha value is -4.72. The summed E-state index contributed by atoms with van der Waals surface area (Å²) in [5.41, 5.74) is -5.14. The normalized spacial score (nSPS) is 19.1. The predicted molar refractivity (Wildman–Crippen MR) is 147 cm³/mol. The number of aliphatic hydroxyl groups is 1. The number of hydrogen-bond acceptors (Lipinski definition) is 8. The molecule has 0 spiro atoms. The maximum absolute atomic E-state index is 14.8. The minimum atomic E-state index is -5.29. The molecule has 0 bridgehead atoms. The third-order valence-electron chi connectivity index (χ3n) is 7.74. The van der Waals surface area contributed by atoms with Crippen molar-refractivity contribution in [1.82, 2.24) is 25.3 Å². The van der Waals surface area contributed by atoms with Gasteiger partial charge in [-0.1, -0.05) is 5.21 Å². The molecule has 6 rings (SSSR count). The molecule has 3 heterocycles. The molecule has 1 fully saturated rings. The number of aromatic nitrogens is 4. The van der Waals surface area contributed by atoms with Crippen molar-refractivity contribution >= 4 is 5.91 Å². The summed E-state index contributed by atoms with van der Waals surface area (Å²) < 4.78 is 76.4. The van der Waals surface area contributed by atoms with Gasteiger partial charge in [0.15, 0.2) is 17.2 Å². The van der Waals surface area contributed by atoms with Crippen molar-refractivity contribution in [2.24, 2.45) is 0 Å². The van der Waals surface area contributed by atoms with Crippen LogP contribution in [0.1, 0.15) is 41.4 Å². The first-order chi connectivity index (χ1) is 20.9. The topological polar surface area (TPSA) is 121 Å². The Morgan fingerprint density at radius 1 is 1.16 bits per heavy atom. The Labute approximate surface area is 248 Å². The molecule has 2 aliphatic rings. The largest absolute Gasteiger partial charge is 0.493 e. The summed E-state index contributed by atoms with van der Waals surface area (Å²) in [4.78, 5) is 17.3. The minimum Gasteiger partial charge on any atom is -0.493 e. The molecule has 0 unspecified atom stereocenters. The second kappa shape index (κ2) is 10.8. The molecular weight excluding hydrogens is 586 g/mol. The van der Waals surface area contributed by atoms with E-state index in [1.807, 2.05) is 0 Å². The first-order valence-electron chi connectivity index (χ1n) is 13.7. The summed E-state index contributed by atoms with van der Waals surface area (Å²) in [6.45, 7) is 0.381. The zero-order chi connectivity index (χ0) is 31.3. The SMILES string of the molecule is COc1cc(C(=O)NC[C@](O)(c2cc3c(c(-c4ccc(F)cc4)n2)OC[C@]3(C)n2ccnn2)C(F)(F)F)ccc1OC1CC1. The first kappa shape index (κ1) is 29.4. The second-order valence-electron chi connectivity index (χ2n) is 10.9. The lowest BCUT2D eigenvalue weighted by Crippen LogP contribution is -2.51. The van der Waals surface area contributed by atoms with Gasteiger partial charge < -0.3 is 24.6 Å². The van der Waals surface area contributed by atoms with Gasteiger partial charge in [-0.3, -0.25) is 4.79 Å². The molecular formula is C30H27F4N5O5. The quantitative estimate of drug-likeness (QED) is 0.267. The van der Waals surface area contributed by atoms with Gasteiger partial charge in [-0.2, -0.15) is 13.2 Å². The third-order valence-corrected chi connectivity index (χ3v) is 7.74. The summed E-state index contributed by atoms with van der Waals surface area (Å²) in [6, 6.07) is 10.3. The van der Waals surface area contributed by atoms with Crippen LogP contribution in [0.3, 0.4) is 0 Å². The number of nitrogens with zero attached hydrogens (tertiary/aromatic N) is 4. The summed E-state index contributed by atoms with van der Waals surface area (Å²) in [6.07, 6.45) is -0.503. The number of hydrogen-bond donors (Lipinski definition) is 2. The van der Waals surface area contributed by atoms with Crippen LogP contribution in [0.15, 0.2) is 60.9 Å². The number of amides is 1. The fourth-order valence-electron chi connectivity index (χ4n) is 4.96. The first-order valence-corrected chi connectivity index (χ1v) is 13.7. The van der Waals surface area contributed by atoms with Crippen LogP contribution in [0.2, 0.25) is 0 Å². The van der Waals surface area contributed by atoms with E-state index in [2.05, 4.69) is 20.6 Å². The van der Waals surface area contributed by atoms with Crippen molar-refractivity contribution in [2.75, 3.05) is 20.3 Å². The van der Waals surface area contributed by atoms with Crippen LogP contribution in [0.25, 0.3) is 11.3 Å². The van der Waals surface area contributed by atoms with Gasteiger partial charge in [0, 0.05) is 22.9 Å². The molecule has 230 valence electrons. The molecule has 1 saturated carbocycles. The minimum absolute atomic E-state index is 0.00408. The molecule has 0 saturated heterocycles. The number of carbonyl (C=O) groups excluding carboxylic acids is 1. The summed E-state index contributed by atoms with van der Waals surface area (Å²) in [7, 11) is 1.38. The van der Waals surface area contributed by atoms with E-state index in [1.54, 1.807) is 6.92 Å². The van der Waals surface area contributed by atoms with E-state index in [4.69, 9.17) is 14.2 Å². The van der Waals surface area contributed by atoms with E-state index in [0.29, 0.717) is 5.75 Å². The lowest BCUT2D eigenvalue weighted by atomic mass is 9.88. The van der Waals surface area contributed by atoms with E-state index >= 15 is 0 Å². The van der Waals surface area contributed by atoms with Gasteiger partial charge in [0.2, 0.25) is 5.60 Å². The smallest absolute Gasteiger partial charge is 0.424 e. The summed E-state index contributed by atoms with van der Waals surface area (Å²) in [5, 5.41) is 21.3. The number of rotatable bonds is 9. The number of carbonyl (C=O) groups is 1. The Morgan fingerprint density at radius 3 is 2.55 bits per heavy atom. The van der Waals surface area contributed by atoms with Crippen LogP contribution in [-0.2, 0) is 11.1 Å². The molecule has 2 N–H and O–H groups in total. The van der Waals surface area contributed by atoms with E-state index < -0.39 is 41.3 Å². The maximum atomic E-state index is 14.8. The van der Waals surface area contributed by atoms with Gasteiger partial charge in [-0.15, -0.1) is 5.10 Å². The fourth-order valence-corrected chi connectivity index (χ4v) is 4.96. The number of halogens is 4. The van der Waals surface area contributed by atoms with Crippen LogP contribution in [0, 0.1) is 5.82 Å². The Morgan fingerprint density at radius 2 is 1.91 bits per heavy atom. The Bertz CT molecular complexity index is 1700. The molecule has 0 radical (unpaired) electrons. The van der Waals surface area contributed by atoms with Gasteiger partial charge in [0.25, 0.3) is 5.91 Å². The number of methoxy groups -OCH3 is 1. The highest BCUT2D eigenvalue weighted by molar-refractivity contribution is 5.95. The van der Waals surface area contributed by atoms with E-state index in [-0.39, 0.29) is 46.6 Å². The highest BCUT2D eigenvalue weighted by atomic mass is 19.4. The van der Waals surface area contributed by atoms with Gasteiger partial charge >= 0.3 is 6.18 Å². The zero-order valence-corrected chi connectivity index (χ0v) is 23.6. The van der Waals surface area contributed by atoms with Crippen molar-refractivity contribution in [2.45, 2.75) is 43.2 Å². The zero-order valence-electron chi connectivity index (χ0n) is 23.6. The molecule has 2 atom stereocenters. The Kier molecular flexibility index (Phi) is 7.19. The van der Waals surface area contributed by atoms with Gasteiger partial charge in [-0.25, -0.2) is 14.1 Å². The van der Waals surface area contributed by atoms with Crippen molar-refractivity contribution < 1.29 is 41.7 Å². The van der Waals surface area contributed by atoms with Crippen molar-refractivity contribution in [3.63, 3.8) is 0 Å². The molecule has 14 heteroatoms. The average Bonchev–Trinajstić information content (AvgIpc) is 3.50. The second-order valence-corrected chi connectivity index (χ2v) is 10.9. The maximum Gasteiger partial charge on any atom is 0.424 e. The molecule has 4 aromatic rings. The van der Waals surface area contributed by atoms with Crippen molar-refractivity contribution in [3.05, 3.63) is 83.6 Å². The lowest BCUT2D eigenvalue weighted by molar-refractivity contribution is -0.265. The highest BCUT2D eigenvalue weighted by Crippen LogP contribution is 2.48. The molecule has 44 heavy (non-hydrogen) atoms. The number of alkyl halides is 3. The van der Waals surface area contributed by atoms with Crippen LogP contribution >= 0.6 is 0 Å². The van der Waals surface area contributed by atoms with E-state index in [9.17, 15) is 27.5 Å². The standard InChI is InChI=1S/C30H27F4N5O5/c1-28(39-12-11-36-38-39)16-43-26-21(28)14-24(37-25(26)17-3-6-19(31)7-4-17)29(41,30(32,33)34)15-35-27(40)18-5-10-22(23(13-18)42-2)44-20-8-9-20/h3-7,10-14,20,41H,8-9,15-16H2,1-2H3,(H,35,40)/t28-,29-/m0/s1. The lowest BCUT2D eigenvalue weighted by Gasteiger charge is -2.32. The molecule has 2 aromatic carbocycles. The third kappa shape index (κ3) is 5.19. The van der Waals surface area contributed by atoms with Crippen LogP contribution in [0.5, 0.6) is 17.2 Å². The van der Waals surface area contributed by atoms with E-state index in [0.717, 1.165) is 31.0 Å². The Balaban J connectivity index is 1.39. The van der Waals surface area contributed by atoms with E-state index in [1.165, 1.54) is 54.5 Å². The molecule has 1 aliphatic heterocycles. The van der Waals surface area contributed by atoms with Crippen LogP contribution in [0.4, 0.5) is 17.6 Å². The fraction of sp³-hybridized carbons (Fsp3) is 0.333. The number of ether oxygens (including phenoxy) is 3. The van der Waals surface area contributed by atoms with Crippen molar-refractivity contribution in [1.29, 1.82) is 0 Å². The molecule has 1 aliphatic carbocycles. The number of fused-ring (bicyclic) bond motifs is 1. The summed E-state index contributed by atoms with van der Waals surface area (Å²) >= 11 is 0. The number of pyridine rings is 1. The highest BCUT2D eigenvalue weighted by Gasteiger charge is 2.57. The van der Waals surface area contributed by atoms with Gasteiger partial charge in [0.1, 0.15) is 23.7 Å². The van der Waals surface area contributed by atoms with Crippen LogP contribution in [-0.4, -0.2) is 63.5 Å². The number of nitrogens with one attached hydrogen (secondary N) is 1. The van der Waals surface area contributed by atoms with Crippen molar-refractivity contribution in [3.8, 4) is 28.5 Å². The predicted octanol–water partition coefficient (Wildman–Crippen LogP) is 4.36. The van der Waals surface area contributed by atoms with Gasteiger partial charge in [-0.05, 0) is 68.3 Å². The summed E-state index contributed by atoms with van der Waals surface area (Å²) in [5.74, 6) is -0.653. The molecule has 1 amide bonds. The molecule has 10 nitrogen and oxygen atoms in total. The average molecular weight is 614 g/mol. The monoisotopic (exact) mass is 613 g/mol.